The average molecular weight is 357 g/mol. The number of nitrogens with zero attached hydrogens (tertiary/aromatic N) is 2. The molecular formula is C15H24N3O5P. The second kappa shape index (κ2) is 10.2. The van der Waals surface area contributed by atoms with Crippen LogP contribution in [-0.2, 0) is 25.0 Å². The number of nitrogens with one attached hydrogen (secondary N) is 1. The Morgan fingerprint density at radius 3 is 2.58 bits per heavy atom. The minimum atomic E-state index is -3.16. The highest BCUT2D eigenvalue weighted by Gasteiger charge is 2.18. The Labute approximate surface area is 141 Å². The molecule has 1 rings (SSSR count). The van der Waals surface area contributed by atoms with E-state index in [0.29, 0.717) is 32.6 Å². The van der Waals surface area contributed by atoms with Crippen molar-refractivity contribution >= 4 is 19.3 Å². The number of anilines is 1. The van der Waals surface area contributed by atoms with E-state index in [4.69, 9.17) is 9.05 Å². The molecule has 0 radical (unpaired) electrons. The van der Waals surface area contributed by atoms with E-state index >= 15 is 0 Å². The van der Waals surface area contributed by atoms with Crippen LogP contribution < -0.4 is 11.0 Å². The maximum atomic E-state index is 12.2. The largest absolute Gasteiger partial charge is 0.353 e. The van der Waals surface area contributed by atoms with Crippen LogP contribution in [-0.4, -0.2) is 28.7 Å². The fourth-order valence-electron chi connectivity index (χ4n) is 1.92. The molecule has 0 fully saturated rings. The molecule has 0 aliphatic rings. The average Bonchev–Trinajstić information content (AvgIpc) is 2.48. The number of carbonyl (C=O) groups is 1. The first-order chi connectivity index (χ1) is 11.4. The van der Waals surface area contributed by atoms with E-state index in [1.54, 1.807) is 32.2 Å². The quantitative estimate of drug-likeness (QED) is 0.510. The summed E-state index contributed by atoms with van der Waals surface area (Å²) in [6.07, 6.45) is 4.59. The Hall–Kier alpha value is -1.76. The lowest BCUT2D eigenvalue weighted by Gasteiger charge is -2.12. The van der Waals surface area contributed by atoms with Gasteiger partial charge < -0.3 is 14.4 Å². The van der Waals surface area contributed by atoms with Crippen molar-refractivity contribution in [2.45, 2.75) is 40.2 Å². The van der Waals surface area contributed by atoms with E-state index < -0.39 is 13.3 Å². The third kappa shape index (κ3) is 7.21. The lowest BCUT2D eigenvalue weighted by molar-refractivity contribution is -0.114. The summed E-state index contributed by atoms with van der Waals surface area (Å²) in [5, 5.41) is 2.46. The number of aromatic nitrogens is 2. The molecule has 24 heavy (non-hydrogen) atoms. The molecule has 1 aromatic heterocycles. The zero-order valence-electron chi connectivity index (χ0n) is 14.2. The molecule has 0 bridgehead atoms. The van der Waals surface area contributed by atoms with Crippen LogP contribution in [0, 0.1) is 0 Å². The van der Waals surface area contributed by atoms with Gasteiger partial charge in [-0.2, -0.15) is 4.98 Å². The molecule has 0 unspecified atom stereocenters. The Kier molecular flexibility index (Phi) is 8.60. The predicted molar refractivity (Wildman–Crippen MR) is 92.0 cm³/mol. The van der Waals surface area contributed by atoms with E-state index in [9.17, 15) is 14.2 Å². The zero-order chi connectivity index (χ0) is 18.0. The molecule has 0 aliphatic carbocycles. The van der Waals surface area contributed by atoms with Crippen LogP contribution in [0.3, 0.4) is 0 Å². The van der Waals surface area contributed by atoms with Gasteiger partial charge in [-0.15, -0.1) is 0 Å². The fraction of sp³-hybridized carbons (Fsp3) is 0.533. The van der Waals surface area contributed by atoms with Crippen molar-refractivity contribution in [1.29, 1.82) is 0 Å². The molecule has 1 heterocycles. The lowest BCUT2D eigenvalue weighted by atomic mass is 10.3. The molecule has 0 aliphatic heterocycles. The van der Waals surface area contributed by atoms with Gasteiger partial charge in [0, 0.05) is 25.5 Å². The van der Waals surface area contributed by atoms with E-state index in [1.165, 1.54) is 17.3 Å². The third-order valence-corrected chi connectivity index (χ3v) is 4.67. The molecule has 9 heteroatoms. The van der Waals surface area contributed by atoms with Crippen LogP contribution >= 0.6 is 7.60 Å². The number of carbonyl (C=O) groups excluding carboxylic acids is 1. The van der Waals surface area contributed by atoms with Crippen molar-refractivity contribution in [3.8, 4) is 0 Å². The predicted octanol–water partition coefficient (Wildman–Crippen LogP) is 2.76. The summed E-state index contributed by atoms with van der Waals surface area (Å²) in [6.45, 7) is 5.94. The van der Waals surface area contributed by atoms with E-state index in [-0.39, 0.29) is 11.7 Å². The van der Waals surface area contributed by atoms with Gasteiger partial charge in [-0.1, -0.05) is 6.08 Å². The van der Waals surface area contributed by atoms with Gasteiger partial charge in [0.25, 0.3) is 0 Å². The summed E-state index contributed by atoms with van der Waals surface area (Å²) >= 11 is 0. The van der Waals surface area contributed by atoms with Gasteiger partial charge in [0.2, 0.25) is 5.91 Å². The first kappa shape index (κ1) is 20.3. The highest BCUT2D eigenvalue weighted by molar-refractivity contribution is 7.57. The summed E-state index contributed by atoms with van der Waals surface area (Å²) in [4.78, 5) is 26.5. The Morgan fingerprint density at radius 1 is 1.38 bits per heavy atom. The van der Waals surface area contributed by atoms with Gasteiger partial charge in [-0.25, -0.2) is 4.79 Å². The number of allylic oxidation sites excluding steroid dienone is 1. The molecule has 0 saturated carbocycles. The van der Waals surface area contributed by atoms with E-state index in [0.717, 1.165) is 0 Å². The standard InChI is InChI=1S/C15H24N3O5P/c1-4-22-24(21,23-5-2)12-8-6-7-10-18-11-9-14(16-13(3)19)17-15(18)20/h8-9,11-12H,4-7,10H2,1-3H3,(H,16,17,19,20). The summed E-state index contributed by atoms with van der Waals surface area (Å²) < 4.78 is 23.9. The number of unbranched alkanes of at least 4 members (excludes halogenated alkanes) is 1. The van der Waals surface area contributed by atoms with Crippen LogP contribution in [0.15, 0.2) is 29.0 Å². The molecule has 8 nitrogen and oxygen atoms in total. The van der Waals surface area contributed by atoms with E-state index in [1.807, 2.05) is 0 Å². The van der Waals surface area contributed by atoms with Crippen LogP contribution in [0.2, 0.25) is 0 Å². The number of hydrogen-bond acceptors (Lipinski definition) is 6. The van der Waals surface area contributed by atoms with Crippen molar-refractivity contribution < 1.29 is 18.4 Å². The molecular weight excluding hydrogens is 333 g/mol. The lowest BCUT2D eigenvalue weighted by Crippen LogP contribution is -2.24. The Morgan fingerprint density at radius 2 is 2.04 bits per heavy atom. The molecule has 0 saturated heterocycles. The first-order valence-electron chi connectivity index (χ1n) is 7.81. The molecule has 1 amide bonds. The van der Waals surface area contributed by atoms with Gasteiger partial charge in [0.15, 0.2) is 0 Å². The minimum absolute atomic E-state index is 0.234. The van der Waals surface area contributed by atoms with Crippen LogP contribution in [0.25, 0.3) is 0 Å². The van der Waals surface area contributed by atoms with Gasteiger partial charge >= 0.3 is 13.3 Å². The number of aryl methyl sites for hydroxylation is 1. The smallest absolute Gasteiger partial charge is 0.311 e. The number of rotatable bonds is 10. The summed E-state index contributed by atoms with van der Waals surface area (Å²) in [7, 11) is -3.16. The molecule has 1 N–H and O–H groups in total. The summed E-state index contributed by atoms with van der Waals surface area (Å²) in [6, 6.07) is 1.57. The van der Waals surface area contributed by atoms with Gasteiger partial charge in [0.05, 0.1) is 13.2 Å². The van der Waals surface area contributed by atoms with Crippen LogP contribution in [0.1, 0.15) is 33.6 Å². The van der Waals surface area contributed by atoms with Crippen molar-refractivity contribution in [3.63, 3.8) is 0 Å². The Bertz CT molecular complexity index is 661. The molecule has 0 aromatic carbocycles. The maximum Gasteiger partial charge on any atom is 0.353 e. The second-order valence-electron chi connectivity index (χ2n) is 4.87. The van der Waals surface area contributed by atoms with E-state index in [2.05, 4.69) is 10.3 Å². The van der Waals surface area contributed by atoms with Crippen molar-refractivity contribution in [2.24, 2.45) is 0 Å². The highest BCUT2D eigenvalue weighted by Crippen LogP contribution is 2.49. The fourth-order valence-corrected chi connectivity index (χ4v) is 3.29. The third-order valence-electron chi connectivity index (χ3n) is 2.85. The van der Waals surface area contributed by atoms with Crippen molar-refractivity contribution in [1.82, 2.24) is 9.55 Å². The van der Waals surface area contributed by atoms with Gasteiger partial charge in [-0.05, 0) is 32.8 Å². The molecule has 134 valence electrons. The van der Waals surface area contributed by atoms with Crippen molar-refractivity contribution in [3.05, 3.63) is 34.6 Å². The number of amides is 1. The number of hydrogen-bond donors (Lipinski definition) is 1. The zero-order valence-corrected chi connectivity index (χ0v) is 15.1. The SMILES string of the molecule is CCOP(=O)(C=CCCCn1ccc(NC(C)=O)nc1=O)OCC. The summed E-state index contributed by atoms with van der Waals surface area (Å²) in [5.74, 6) is 1.41. The van der Waals surface area contributed by atoms with Crippen LogP contribution in [0.5, 0.6) is 0 Å². The topological polar surface area (TPSA) is 99.5 Å². The maximum absolute atomic E-state index is 12.2. The van der Waals surface area contributed by atoms with Gasteiger partial charge in [0.1, 0.15) is 5.82 Å². The first-order valence-corrected chi connectivity index (χ1v) is 9.43. The van der Waals surface area contributed by atoms with Crippen molar-refractivity contribution in [2.75, 3.05) is 18.5 Å². The Balaban J connectivity index is 2.53. The summed E-state index contributed by atoms with van der Waals surface area (Å²) in [5.41, 5.74) is -0.431. The second-order valence-corrected chi connectivity index (χ2v) is 6.77. The van der Waals surface area contributed by atoms with Crippen LogP contribution in [0.4, 0.5) is 5.82 Å². The molecule has 0 spiro atoms. The monoisotopic (exact) mass is 357 g/mol. The highest BCUT2D eigenvalue weighted by atomic mass is 31.2. The molecule has 1 aromatic rings. The minimum Gasteiger partial charge on any atom is -0.311 e. The molecule has 0 atom stereocenters. The normalized spacial score (nSPS) is 11.8. The van der Waals surface area contributed by atoms with Gasteiger partial charge in [-0.3, -0.25) is 13.9 Å².